The number of benzene rings is 1. The summed E-state index contributed by atoms with van der Waals surface area (Å²) in [6, 6.07) is 4.67. The topological polar surface area (TPSA) is 61.8 Å². The number of aldehydes is 1. The van der Waals surface area contributed by atoms with Crippen molar-refractivity contribution >= 4 is 12.3 Å². The van der Waals surface area contributed by atoms with Crippen LogP contribution in [-0.2, 0) is 9.68 Å². The summed E-state index contributed by atoms with van der Waals surface area (Å²) in [7, 11) is 1.39. The Morgan fingerprint density at radius 1 is 1.40 bits per heavy atom. The van der Waals surface area contributed by atoms with Gasteiger partial charge >= 0.3 is 5.97 Å². The predicted molar refractivity (Wildman–Crippen MR) is 50.8 cm³/mol. The smallest absolute Gasteiger partial charge is 0.352 e. The van der Waals surface area contributed by atoms with E-state index in [1.165, 1.54) is 20.1 Å². The van der Waals surface area contributed by atoms with E-state index in [4.69, 9.17) is 9.62 Å². The molecule has 0 aliphatic rings. The van der Waals surface area contributed by atoms with Gasteiger partial charge in [0.15, 0.2) is 12.0 Å². The third-order valence-corrected chi connectivity index (χ3v) is 1.59. The maximum absolute atomic E-state index is 10.6. The van der Waals surface area contributed by atoms with Crippen molar-refractivity contribution in [3.05, 3.63) is 23.8 Å². The van der Waals surface area contributed by atoms with E-state index in [-0.39, 0.29) is 11.5 Å². The summed E-state index contributed by atoms with van der Waals surface area (Å²) in [5.74, 6) is -0.181. The summed E-state index contributed by atoms with van der Waals surface area (Å²) in [5, 5.41) is 0. The van der Waals surface area contributed by atoms with Crippen LogP contribution in [-0.4, -0.2) is 19.4 Å². The molecule has 0 saturated heterocycles. The molecule has 1 aromatic carbocycles. The summed E-state index contributed by atoms with van der Waals surface area (Å²) >= 11 is 0. The lowest BCUT2D eigenvalue weighted by Gasteiger charge is -2.08. The standard InChI is InChI=1S/C10H10O5/c1-7(12)14-15-9-5-3-4-8(6-11)10(9)13-2/h3-6H,1-2H3. The van der Waals surface area contributed by atoms with Crippen molar-refractivity contribution < 1.29 is 24.1 Å². The largest absolute Gasteiger partial charge is 0.492 e. The zero-order valence-corrected chi connectivity index (χ0v) is 8.35. The van der Waals surface area contributed by atoms with Crippen LogP contribution in [0.15, 0.2) is 18.2 Å². The molecule has 1 rings (SSSR count). The van der Waals surface area contributed by atoms with Crippen molar-refractivity contribution in [2.45, 2.75) is 6.92 Å². The highest BCUT2D eigenvalue weighted by Crippen LogP contribution is 2.29. The number of hydrogen-bond acceptors (Lipinski definition) is 5. The summed E-state index contributed by atoms with van der Waals surface area (Å²) in [4.78, 5) is 30.2. The van der Waals surface area contributed by atoms with Gasteiger partial charge in [0.05, 0.1) is 12.7 Å². The third-order valence-electron chi connectivity index (χ3n) is 1.59. The van der Waals surface area contributed by atoms with Crippen LogP contribution >= 0.6 is 0 Å². The lowest BCUT2D eigenvalue weighted by Crippen LogP contribution is -2.04. The first-order valence-electron chi connectivity index (χ1n) is 4.16. The molecule has 0 amide bonds. The van der Waals surface area contributed by atoms with E-state index in [0.717, 1.165) is 0 Å². The van der Waals surface area contributed by atoms with Crippen LogP contribution in [0, 0.1) is 0 Å². The number of methoxy groups -OCH3 is 1. The summed E-state index contributed by atoms with van der Waals surface area (Å²) in [6.45, 7) is 1.20. The number of para-hydroxylation sites is 1. The molecule has 0 bridgehead atoms. The van der Waals surface area contributed by atoms with Crippen LogP contribution in [0.3, 0.4) is 0 Å². The van der Waals surface area contributed by atoms with Gasteiger partial charge in [-0.25, -0.2) is 4.79 Å². The van der Waals surface area contributed by atoms with Crippen LogP contribution in [0.2, 0.25) is 0 Å². The van der Waals surface area contributed by atoms with E-state index in [9.17, 15) is 9.59 Å². The number of rotatable bonds is 4. The molecule has 0 fully saturated rings. The van der Waals surface area contributed by atoms with Gasteiger partial charge < -0.3 is 4.74 Å². The molecule has 1 aromatic rings. The van der Waals surface area contributed by atoms with E-state index in [0.29, 0.717) is 11.8 Å². The molecular weight excluding hydrogens is 200 g/mol. The summed E-state index contributed by atoms with van der Waals surface area (Å²) < 4.78 is 4.95. The molecule has 0 aromatic heterocycles. The van der Waals surface area contributed by atoms with Crippen LogP contribution in [0.5, 0.6) is 11.5 Å². The van der Waals surface area contributed by atoms with Crippen molar-refractivity contribution in [1.29, 1.82) is 0 Å². The maximum Gasteiger partial charge on any atom is 0.352 e. The molecule has 5 heteroatoms. The Morgan fingerprint density at radius 2 is 2.13 bits per heavy atom. The van der Waals surface area contributed by atoms with E-state index >= 15 is 0 Å². The Balaban J connectivity index is 2.95. The quantitative estimate of drug-likeness (QED) is 0.426. The van der Waals surface area contributed by atoms with Crippen LogP contribution in [0.4, 0.5) is 0 Å². The molecule has 0 N–H and O–H groups in total. The van der Waals surface area contributed by atoms with Gasteiger partial charge in [-0.3, -0.25) is 14.6 Å². The fourth-order valence-corrected chi connectivity index (χ4v) is 1.01. The van der Waals surface area contributed by atoms with Crippen LogP contribution in [0.1, 0.15) is 17.3 Å². The monoisotopic (exact) mass is 210 g/mol. The fraction of sp³-hybridized carbons (Fsp3) is 0.200. The zero-order valence-electron chi connectivity index (χ0n) is 8.35. The Hall–Kier alpha value is -2.04. The average Bonchev–Trinajstić information content (AvgIpc) is 2.25. The highest BCUT2D eigenvalue weighted by molar-refractivity contribution is 5.81. The van der Waals surface area contributed by atoms with Crippen molar-refractivity contribution in [2.75, 3.05) is 7.11 Å². The molecule has 0 spiro atoms. The normalized spacial score (nSPS) is 9.20. The Bertz CT molecular complexity index is 372. The first kappa shape index (κ1) is 11.0. The molecule has 0 aliphatic carbocycles. The van der Waals surface area contributed by atoms with Crippen LogP contribution < -0.4 is 9.62 Å². The van der Waals surface area contributed by atoms with E-state index in [2.05, 4.69) is 4.89 Å². The van der Waals surface area contributed by atoms with Gasteiger partial charge in [0, 0.05) is 6.92 Å². The third kappa shape index (κ3) is 2.70. The highest BCUT2D eigenvalue weighted by atomic mass is 17.2. The number of hydrogen-bond donors (Lipinski definition) is 0. The Kier molecular flexibility index (Phi) is 3.68. The van der Waals surface area contributed by atoms with E-state index in [1.54, 1.807) is 12.1 Å². The summed E-state index contributed by atoms with van der Waals surface area (Å²) in [5.41, 5.74) is 0.321. The molecule has 0 radical (unpaired) electrons. The molecule has 0 unspecified atom stereocenters. The van der Waals surface area contributed by atoms with Crippen molar-refractivity contribution in [1.82, 2.24) is 0 Å². The second-order valence-corrected chi connectivity index (χ2v) is 2.65. The molecule has 5 nitrogen and oxygen atoms in total. The second-order valence-electron chi connectivity index (χ2n) is 2.65. The minimum atomic E-state index is -0.589. The minimum Gasteiger partial charge on any atom is -0.492 e. The molecule has 0 saturated carbocycles. The SMILES string of the molecule is COc1c(C=O)cccc1OOC(C)=O. The molecule has 80 valence electrons. The molecular formula is C10H10O5. The van der Waals surface area contributed by atoms with Gasteiger partial charge in [-0.2, -0.15) is 0 Å². The molecule has 0 heterocycles. The zero-order chi connectivity index (χ0) is 11.3. The van der Waals surface area contributed by atoms with Gasteiger partial charge in [-0.1, -0.05) is 6.07 Å². The second kappa shape index (κ2) is 4.99. The maximum atomic E-state index is 10.6. The van der Waals surface area contributed by atoms with Crippen molar-refractivity contribution in [3.63, 3.8) is 0 Å². The first-order chi connectivity index (χ1) is 7.19. The molecule has 0 atom stereocenters. The Labute approximate surface area is 86.5 Å². The lowest BCUT2D eigenvalue weighted by atomic mass is 10.2. The highest BCUT2D eigenvalue weighted by Gasteiger charge is 2.11. The molecule has 0 aliphatic heterocycles. The summed E-state index contributed by atoms with van der Waals surface area (Å²) in [6.07, 6.45) is 0.624. The number of ether oxygens (including phenoxy) is 1. The molecule has 15 heavy (non-hydrogen) atoms. The van der Waals surface area contributed by atoms with E-state index < -0.39 is 5.97 Å². The van der Waals surface area contributed by atoms with E-state index in [1.807, 2.05) is 0 Å². The first-order valence-corrected chi connectivity index (χ1v) is 4.16. The van der Waals surface area contributed by atoms with Crippen molar-refractivity contribution in [3.8, 4) is 11.5 Å². The van der Waals surface area contributed by atoms with Gasteiger partial charge in [0.25, 0.3) is 0 Å². The Morgan fingerprint density at radius 3 is 2.67 bits per heavy atom. The van der Waals surface area contributed by atoms with Gasteiger partial charge in [-0.05, 0) is 12.1 Å². The predicted octanol–water partition coefficient (Wildman–Crippen LogP) is 1.36. The number of carbonyl (C=O) groups excluding carboxylic acids is 2. The minimum absolute atomic E-state index is 0.178. The van der Waals surface area contributed by atoms with Gasteiger partial charge in [0.2, 0.25) is 5.75 Å². The van der Waals surface area contributed by atoms with Gasteiger partial charge in [-0.15, -0.1) is 0 Å². The average molecular weight is 210 g/mol. The lowest BCUT2D eigenvalue weighted by molar-refractivity contribution is -0.211. The fourth-order valence-electron chi connectivity index (χ4n) is 1.01. The van der Waals surface area contributed by atoms with Crippen molar-refractivity contribution in [2.24, 2.45) is 0 Å². The number of carbonyl (C=O) groups is 2. The van der Waals surface area contributed by atoms with Gasteiger partial charge in [0.1, 0.15) is 0 Å². The van der Waals surface area contributed by atoms with Crippen LogP contribution in [0.25, 0.3) is 0 Å².